The van der Waals surface area contributed by atoms with Gasteiger partial charge < -0.3 is 10.5 Å². The van der Waals surface area contributed by atoms with Gasteiger partial charge in [-0.15, -0.1) is 12.4 Å². The Bertz CT molecular complexity index is 351. The number of benzene rings is 1. The number of ether oxygens (including phenoxy) is 1. The predicted octanol–water partition coefficient (Wildman–Crippen LogP) is 3.44. The van der Waals surface area contributed by atoms with Crippen LogP contribution in [0, 0.1) is 11.7 Å². The maximum atomic E-state index is 13.2. The third-order valence-electron chi connectivity index (χ3n) is 3.04. The minimum Gasteiger partial charge on any atom is -0.381 e. The van der Waals surface area contributed by atoms with Crippen LogP contribution < -0.4 is 5.73 Å². The summed E-state index contributed by atoms with van der Waals surface area (Å²) in [6.07, 6.45) is 1.91. The van der Waals surface area contributed by atoms with Gasteiger partial charge in [0.1, 0.15) is 5.82 Å². The zero-order valence-electron chi connectivity index (χ0n) is 9.36. The Kier molecular flexibility index (Phi) is 5.86. The van der Waals surface area contributed by atoms with Crippen molar-refractivity contribution in [2.24, 2.45) is 11.7 Å². The molecule has 0 amide bonds. The fourth-order valence-corrected chi connectivity index (χ4v) is 2.60. The van der Waals surface area contributed by atoms with Gasteiger partial charge in [0.15, 0.2) is 0 Å². The normalized spacial score (nSPS) is 18.5. The van der Waals surface area contributed by atoms with Crippen LogP contribution >= 0.6 is 28.3 Å². The van der Waals surface area contributed by atoms with Gasteiger partial charge in [0.2, 0.25) is 0 Å². The summed E-state index contributed by atoms with van der Waals surface area (Å²) in [4.78, 5) is 0. The molecule has 2 N–H and O–H groups in total. The highest BCUT2D eigenvalue weighted by Gasteiger charge is 2.22. The SMILES string of the molecule is Cl.N[C@@H](c1cc(F)cc(Br)c1)C1CCOCC1. The van der Waals surface area contributed by atoms with Crippen LogP contribution in [0.3, 0.4) is 0 Å². The van der Waals surface area contributed by atoms with Gasteiger partial charge in [-0.2, -0.15) is 0 Å². The topological polar surface area (TPSA) is 35.2 Å². The Labute approximate surface area is 115 Å². The maximum Gasteiger partial charge on any atom is 0.124 e. The van der Waals surface area contributed by atoms with Crippen molar-refractivity contribution in [1.29, 1.82) is 0 Å². The van der Waals surface area contributed by atoms with Crippen LogP contribution in [0.15, 0.2) is 22.7 Å². The van der Waals surface area contributed by atoms with Crippen LogP contribution in [0.5, 0.6) is 0 Å². The molecule has 0 aliphatic carbocycles. The van der Waals surface area contributed by atoms with Crippen molar-refractivity contribution in [3.63, 3.8) is 0 Å². The smallest absolute Gasteiger partial charge is 0.124 e. The fraction of sp³-hybridized carbons (Fsp3) is 0.500. The van der Waals surface area contributed by atoms with Crippen LogP contribution in [0.1, 0.15) is 24.4 Å². The summed E-state index contributed by atoms with van der Waals surface area (Å²) in [5.41, 5.74) is 7.02. The molecule has 17 heavy (non-hydrogen) atoms. The van der Waals surface area contributed by atoms with Gasteiger partial charge in [0.05, 0.1) is 0 Å². The first-order valence-corrected chi connectivity index (χ1v) is 6.25. The van der Waals surface area contributed by atoms with Crippen LogP contribution in [0.4, 0.5) is 4.39 Å². The molecular formula is C12H16BrClFNO. The van der Waals surface area contributed by atoms with Gasteiger partial charge in [-0.3, -0.25) is 0 Å². The summed E-state index contributed by atoms with van der Waals surface area (Å²) < 4.78 is 19.3. The van der Waals surface area contributed by atoms with Gasteiger partial charge in [-0.1, -0.05) is 15.9 Å². The molecule has 0 radical (unpaired) electrons. The molecule has 2 nitrogen and oxygen atoms in total. The maximum absolute atomic E-state index is 13.2. The molecule has 1 aliphatic rings. The standard InChI is InChI=1S/C12H15BrFNO.ClH/c13-10-5-9(6-11(14)7-10)12(15)8-1-3-16-4-2-8;/h5-8,12H,1-4,15H2;1H/t12-;/m1./s1. The zero-order valence-corrected chi connectivity index (χ0v) is 11.8. The number of halogens is 3. The Morgan fingerprint density at radius 3 is 2.53 bits per heavy atom. The summed E-state index contributed by atoms with van der Waals surface area (Å²) in [6.45, 7) is 1.52. The molecule has 5 heteroatoms. The molecule has 0 aromatic heterocycles. The van der Waals surface area contributed by atoms with E-state index >= 15 is 0 Å². The molecule has 0 spiro atoms. The molecule has 0 unspecified atom stereocenters. The average Bonchev–Trinajstić information content (AvgIpc) is 2.28. The van der Waals surface area contributed by atoms with Gasteiger partial charge in [0, 0.05) is 23.7 Å². The highest BCUT2D eigenvalue weighted by atomic mass is 79.9. The lowest BCUT2D eigenvalue weighted by molar-refractivity contribution is 0.0583. The first-order chi connectivity index (χ1) is 7.66. The van der Waals surface area contributed by atoms with Crippen molar-refractivity contribution in [2.75, 3.05) is 13.2 Å². The second kappa shape index (κ2) is 6.69. The van der Waals surface area contributed by atoms with Crippen molar-refractivity contribution >= 4 is 28.3 Å². The molecule has 1 atom stereocenters. The van der Waals surface area contributed by atoms with Crippen LogP contribution in [0.2, 0.25) is 0 Å². The van der Waals surface area contributed by atoms with E-state index in [4.69, 9.17) is 10.5 Å². The molecule has 2 rings (SSSR count). The minimum absolute atomic E-state index is 0. The predicted molar refractivity (Wildman–Crippen MR) is 71.8 cm³/mol. The summed E-state index contributed by atoms with van der Waals surface area (Å²) in [5.74, 6) is 0.148. The molecule has 0 bridgehead atoms. The minimum atomic E-state index is -0.244. The molecule has 1 aliphatic heterocycles. The molecule has 0 saturated carbocycles. The first kappa shape index (κ1) is 14.9. The van der Waals surface area contributed by atoms with Gasteiger partial charge >= 0.3 is 0 Å². The lowest BCUT2D eigenvalue weighted by Crippen LogP contribution is -2.27. The summed E-state index contributed by atoms with van der Waals surface area (Å²) in [6, 6.07) is 4.75. The zero-order chi connectivity index (χ0) is 11.5. The second-order valence-electron chi connectivity index (χ2n) is 4.18. The molecule has 1 aromatic rings. The quantitative estimate of drug-likeness (QED) is 0.904. The van der Waals surface area contributed by atoms with Crippen molar-refractivity contribution < 1.29 is 9.13 Å². The Morgan fingerprint density at radius 1 is 1.29 bits per heavy atom. The lowest BCUT2D eigenvalue weighted by Gasteiger charge is -2.28. The average molecular weight is 325 g/mol. The first-order valence-electron chi connectivity index (χ1n) is 5.46. The van der Waals surface area contributed by atoms with E-state index in [-0.39, 0.29) is 24.3 Å². The molecular weight excluding hydrogens is 308 g/mol. The van der Waals surface area contributed by atoms with Crippen molar-refractivity contribution in [1.82, 2.24) is 0 Å². The van der Waals surface area contributed by atoms with E-state index < -0.39 is 0 Å². The van der Waals surface area contributed by atoms with Crippen LogP contribution in [0.25, 0.3) is 0 Å². The van der Waals surface area contributed by atoms with Gasteiger partial charge in [0.25, 0.3) is 0 Å². The molecule has 1 heterocycles. The molecule has 96 valence electrons. The van der Waals surface area contributed by atoms with Gasteiger partial charge in [-0.05, 0) is 42.5 Å². The number of hydrogen-bond donors (Lipinski definition) is 1. The van der Waals surface area contributed by atoms with Crippen LogP contribution in [-0.2, 0) is 4.74 Å². The van der Waals surface area contributed by atoms with Crippen LogP contribution in [-0.4, -0.2) is 13.2 Å². The van der Waals surface area contributed by atoms with E-state index in [0.717, 1.165) is 36.1 Å². The Morgan fingerprint density at radius 2 is 1.94 bits per heavy atom. The van der Waals surface area contributed by atoms with E-state index in [1.165, 1.54) is 12.1 Å². The monoisotopic (exact) mass is 323 g/mol. The lowest BCUT2D eigenvalue weighted by atomic mass is 9.88. The Hall–Kier alpha value is -0.160. The second-order valence-corrected chi connectivity index (χ2v) is 5.09. The van der Waals surface area contributed by atoms with Gasteiger partial charge in [-0.25, -0.2) is 4.39 Å². The van der Waals surface area contributed by atoms with Crippen molar-refractivity contribution in [3.8, 4) is 0 Å². The molecule has 1 aromatic carbocycles. The highest BCUT2D eigenvalue weighted by molar-refractivity contribution is 9.10. The highest BCUT2D eigenvalue weighted by Crippen LogP contribution is 2.29. The van der Waals surface area contributed by atoms with E-state index in [1.54, 1.807) is 0 Å². The van der Waals surface area contributed by atoms with Crippen molar-refractivity contribution in [3.05, 3.63) is 34.1 Å². The Balaban J connectivity index is 0.00000144. The summed E-state index contributed by atoms with van der Waals surface area (Å²) in [5, 5.41) is 0. The van der Waals surface area contributed by atoms with E-state index in [1.807, 2.05) is 6.07 Å². The number of nitrogens with two attached hydrogens (primary N) is 1. The fourth-order valence-electron chi connectivity index (χ4n) is 2.11. The molecule has 1 fully saturated rings. The summed E-state index contributed by atoms with van der Waals surface area (Å²) in [7, 11) is 0. The number of hydrogen-bond acceptors (Lipinski definition) is 2. The number of rotatable bonds is 2. The van der Waals surface area contributed by atoms with E-state index in [0.29, 0.717) is 5.92 Å². The van der Waals surface area contributed by atoms with E-state index in [9.17, 15) is 4.39 Å². The largest absolute Gasteiger partial charge is 0.381 e. The van der Waals surface area contributed by atoms with E-state index in [2.05, 4.69) is 15.9 Å². The third-order valence-corrected chi connectivity index (χ3v) is 3.50. The molecule has 1 saturated heterocycles. The third kappa shape index (κ3) is 3.91. The summed E-state index contributed by atoms with van der Waals surface area (Å²) >= 11 is 3.29. The van der Waals surface area contributed by atoms with Crippen molar-refractivity contribution in [2.45, 2.75) is 18.9 Å².